The van der Waals surface area contributed by atoms with Gasteiger partial charge in [-0.3, -0.25) is 4.90 Å². The van der Waals surface area contributed by atoms with E-state index in [0.717, 1.165) is 51.8 Å². The molecule has 5 rings (SSSR count). The zero-order chi connectivity index (χ0) is 24.4. The molecule has 3 aromatic carbocycles. The van der Waals surface area contributed by atoms with Crippen LogP contribution in [0.15, 0.2) is 66.7 Å². The highest BCUT2D eigenvalue weighted by atomic mass is 35.5. The van der Waals surface area contributed by atoms with Crippen LogP contribution in [0.25, 0.3) is 11.1 Å². The average Bonchev–Trinajstić information content (AvgIpc) is 3.33. The fourth-order valence-corrected chi connectivity index (χ4v) is 5.37. The highest BCUT2D eigenvalue weighted by Crippen LogP contribution is 2.47. The lowest BCUT2D eigenvalue weighted by atomic mass is 9.86. The van der Waals surface area contributed by atoms with Crippen LogP contribution < -0.4 is 9.47 Å². The van der Waals surface area contributed by atoms with Gasteiger partial charge >= 0.3 is 0 Å². The van der Waals surface area contributed by atoms with Crippen molar-refractivity contribution in [1.82, 2.24) is 4.90 Å². The van der Waals surface area contributed by atoms with E-state index in [1.165, 1.54) is 25.9 Å². The van der Waals surface area contributed by atoms with Crippen LogP contribution in [-0.2, 0) is 0 Å². The Bertz CT molecular complexity index is 1220. The Labute approximate surface area is 212 Å². The van der Waals surface area contributed by atoms with E-state index < -0.39 is 0 Å². The van der Waals surface area contributed by atoms with Gasteiger partial charge in [-0.2, -0.15) is 0 Å². The van der Waals surface area contributed by atoms with Crippen LogP contribution in [0.5, 0.6) is 17.2 Å². The molecule has 0 aromatic heterocycles. The van der Waals surface area contributed by atoms with Gasteiger partial charge < -0.3 is 14.6 Å². The van der Waals surface area contributed by atoms with Gasteiger partial charge in [0, 0.05) is 29.2 Å². The van der Waals surface area contributed by atoms with Crippen molar-refractivity contribution in [1.29, 1.82) is 0 Å². The Balaban J connectivity index is 1.37. The fourth-order valence-electron chi connectivity index (χ4n) is 5.18. The Hall–Kier alpha value is -2.95. The smallest absolute Gasteiger partial charge is 0.150 e. The van der Waals surface area contributed by atoms with E-state index in [0.29, 0.717) is 11.6 Å². The van der Waals surface area contributed by atoms with Crippen LogP contribution in [0, 0.1) is 5.92 Å². The zero-order valence-electron chi connectivity index (χ0n) is 20.3. The summed E-state index contributed by atoms with van der Waals surface area (Å²) in [5.74, 6) is 2.68. The van der Waals surface area contributed by atoms with Crippen molar-refractivity contribution in [2.24, 2.45) is 5.92 Å². The molecule has 0 saturated carbocycles. The van der Waals surface area contributed by atoms with Crippen LogP contribution in [0.2, 0.25) is 5.02 Å². The second kappa shape index (κ2) is 10.3. The summed E-state index contributed by atoms with van der Waals surface area (Å²) in [5.41, 5.74) is 5.04. The Morgan fingerprint density at radius 3 is 2.66 bits per heavy atom. The van der Waals surface area contributed by atoms with Crippen molar-refractivity contribution < 1.29 is 14.6 Å². The third-order valence-electron chi connectivity index (χ3n) is 7.22. The first-order chi connectivity index (χ1) is 17.0. The molecule has 1 fully saturated rings. The summed E-state index contributed by atoms with van der Waals surface area (Å²) in [6, 6.07) is 21.3. The summed E-state index contributed by atoms with van der Waals surface area (Å²) in [6.07, 6.45) is 2.27. The molecule has 1 unspecified atom stereocenters. The molecule has 1 N–H and O–H groups in total. The maximum absolute atomic E-state index is 10.1. The SMILES string of the molecule is CC[C@@H]1CCN(CCOc2ccc(C3Oc4ccc(O)cc4C(C)=C3c3cccc(Cl)c3)cc2)C1. The van der Waals surface area contributed by atoms with Gasteiger partial charge in [0.15, 0.2) is 0 Å². The lowest BCUT2D eigenvalue weighted by Crippen LogP contribution is -2.26. The van der Waals surface area contributed by atoms with E-state index >= 15 is 0 Å². The fraction of sp³-hybridized carbons (Fsp3) is 0.333. The van der Waals surface area contributed by atoms with Crippen LogP contribution in [-0.4, -0.2) is 36.2 Å². The van der Waals surface area contributed by atoms with E-state index in [2.05, 4.69) is 30.9 Å². The van der Waals surface area contributed by atoms with Crippen LogP contribution >= 0.6 is 11.6 Å². The molecule has 182 valence electrons. The average molecular weight is 490 g/mol. The Kier molecular flexibility index (Phi) is 7.03. The third-order valence-corrected chi connectivity index (χ3v) is 7.46. The van der Waals surface area contributed by atoms with Gasteiger partial charge in [0.1, 0.15) is 30.0 Å². The predicted molar refractivity (Wildman–Crippen MR) is 142 cm³/mol. The van der Waals surface area contributed by atoms with Crippen molar-refractivity contribution in [3.05, 3.63) is 88.4 Å². The van der Waals surface area contributed by atoms with Gasteiger partial charge in [-0.25, -0.2) is 0 Å². The number of phenols is 1. The maximum atomic E-state index is 10.1. The maximum Gasteiger partial charge on any atom is 0.150 e. The van der Waals surface area contributed by atoms with Gasteiger partial charge in [0.2, 0.25) is 0 Å². The van der Waals surface area contributed by atoms with E-state index in [9.17, 15) is 5.11 Å². The molecule has 4 nitrogen and oxygen atoms in total. The normalized spacial score (nSPS) is 20.0. The molecule has 2 heterocycles. The van der Waals surface area contributed by atoms with Gasteiger partial charge in [0.05, 0.1) is 0 Å². The molecule has 0 amide bonds. The number of likely N-dealkylation sites (tertiary alicyclic amines) is 1. The number of fused-ring (bicyclic) bond motifs is 1. The number of nitrogens with zero attached hydrogens (tertiary/aromatic N) is 1. The molecule has 35 heavy (non-hydrogen) atoms. The molecule has 3 aromatic rings. The first-order valence-electron chi connectivity index (χ1n) is 12.4. The van der Waals surface area contributed by atoms with E-state index in [1.54, 1.807) is 12.1 Å². The molecule has 5 heteroatoms. The van der Waals surface area contributed by atoms with Gasteiger partial charge in [-0.15, -0.1) is 0 Å². The number of benzene rings is 3. The number of halogens is 1. The van der Waals surface area contributed by atoms with Crippen LogP contribution in [0.3, 0.4) is 0 Å². The summed E-state index contributed by atoms with van der Waals surface area (Å²) in [6.45, 7) is 8.38. The predicted octanol–water partition coefficient (Wildman–Crippen LogP) is 7.22. The van der Waals surface area contributed by atoms with E-state index in [1.807, 2.05) is 42.5 Å². The second-order valence-corrected chi connectivity index (χ2v) is 9.94. The highest BCUT2D eigenvalue weighted by molar-refractivity contribution is 6.30. The Morgan fingerprint density at radius 2 is 1.91 bits per heavy atom. The van der Waals surface area contributed by atoms with Crippen molar-refractivity contribution in [2.45, 2.75) is 32.8 Å². The highest BCUT2D eigenvalue weighted by Gasteiger charge is 2.29. The van der Waals surface area contributed by atoms with Gasteiger partial charge in [-0.05, 0) is 85.0 Å². The minimum Gasteiger partial charge on any atom is -0.508 e. The molecule has 2 aliphatic heterocycles. The molecule has 0 bridgehead atoms. The van der Waals surface area contributed by atoms with Crippen molar-refractivity contribution >= 4 is 22.7 Å². The van der Waals surface area contributed by atoms with Crippen molar-refractivity contribution in [2.75, 3.05) is 26.2 Å². The number of aromatic hydroxyl groups is 1. The number of hydrogen-bond donors (Lipinski definition) is 1. The molecular weight excluding hydrogens is 458 g/mol. The van der Waals surface area contributed by atoms with Gasteiger partial charge in [-0.1, -0.05) is 49.2 Å². The number of hydrogen-bond acceptors (Lipinski definition) is 4. The summed E-state index contributed by atoms with van der Waals surface area (Å²) in [4.78, 5) is 2.50. The number of rotatable bonds is 7. The summed E-state index contributed by atoms with van der Waals surface area (Å²) in [5, 5.41) is 10.7. The number of phenolic OH excluding ortho intramolecular Hbond substituents is 1. The molecule has 0 spiro atoms. The minimum absolute atomic E-state index is 0.219. The van der Waals surface area contributed by atoms with Crippen LogP contribution in [0.1, 0.15) is 49.5 Å². The van der Waals surface area contributed by atoms with Gasteiger partial charge in [0.25, 0.3) is 0 Å². The topological polar surface area (TPSA) is 41.9 Å². The molecule has 0 aliphatic carbocycles. The molecular formula is C30H32ClNO3. The summed E-state index contributed by atoms with van der Waals surface area (Å²) in [7, 11) is 0. The second-order valence-electron chi connectivity index (χ2n) is 9.51. The lowest BCUT2D eigenvalue weighted by Gasteiger charge is -2.31. The van der Waals surface area contributed by atoms with Crippen LogP contribution in [0.4, 0.5) is 0 Å². The Morgan fingerprint density at radius 1 is 1.09 bits per heavy atom. The van der Waals surface area contributed by atoms with Crippen molar-refractivity contribution in [3.8, 4) is 17.2 Å². The molecule has 0 radical (unpaired) electrons. The first-order valence-corrected chi connectivity index (χ1v) is 12.8. The third kappa shape index (κ3) is 5.19. The largest absolute Gasteiger partial charge is 0.508 e. The van der Waals surface area contributed by atoms with E-state index in [4.69, 9.17) is 21.1 Å². The standard InChI is InChI=1S/C30H32ClNO3/c1-3-21-13-14-32(19-21)15-16-34-26-10-7-22(8-11-26)30-29(23-5-4-6-24(31)17-23)20(2)27-18-25(33)9-12-28(27)35-30/h4-12,17-18,21,30,33H,3,13-16,19H2,1-2H3/t21-,30?/m1/s1. The summed E-state index contributed by atoms with van der Waals surface area (Å²) < 4.78 is 12.6. The minimum atomic E-state index is -0.296. The summed E-state index contributed by atoms with van der Waals surface area (Å²) >= 11 is 6.34. The molecule has 2 aliphatic rings. The first kappa shape index (κ1) is 23.8. The zero-order valence-corrected chi connectivity index (χ0v) is 21.1. The molecule has 1 saturated heterocycles. The van der Waals surface area contributed by atoms with Crippen molar-refractivity contribution in [3.63, 3.8) is 0 Å². The van der Waals surface area contributed by atoms with E-state index in [-0.39, 0.29) is 11.9 Å². The quantitative estimate of drug-likeness (QED) is 0.380. The number of ether oxygens (including phenoxy) is 2. The monoisotopic (exact) mass is 489 g/mol. The number of allylic oxidation sites excluding steroid dienone is 1. The molecule has 2 atom stereocenters. The lowest BCUT2D eigenvalue weighted by molar-refractivity contribution is 0.232.